The topological polar surface area (TPSA) is 120 Å². The normalized spacial score (nSPS) is 15.8. The summed E-state index contributed by atoms with van der Waals surface area (Å²) in [6.45, 7) is 5.77. The summed E-state index contributed by atoms with van der Waals surface area (Å²) in [6.07, 6.45) is 8.15. The highest BCUT2D eigenvalue weighted by molar-refractivity contribution is 7.17. The number of allylic oxidation sites excluding steroid dienone is 2. The van der Waals surface area contributed by atoms with E-state index >= 15 is 0 Å². The van der Waals surface area contributed by atoms with Crippen molar-refractivity contribution in [3.63, 3.8) is 0 Å². The van der Waals surface area contributed by atoms with Crippen molar-refractivity contribution in [2.45, 2.75) is 39.3 Å². The van der Waals surface area contributed by atoms with Crippen LogP contribution in [0.1, 0.15) is 36.4 Å². The van der Waals surface area contributed by atoms with E-state index in [9.17, 15) is 9.59 Å². The number of nitrogens with zero attached hydrogens (tertiary/aromatic N) is 5. The smallest absolute Gasteiger partial charge is 0.268 e. The minimum atomic E-state index is -0.138. The molecule has 2 N–H and O–H groups in total. The van der Waals surface area contributed by atoms with E-state index in [1.807, 2.05) is 50.4 Å². The van der Waals surface area contributed by atoms with Crippen LogP contribution in [0.3, 0.4) is 0 Å². The maximum Gasteiger partial charge on any atom is 0.268 e. The Hall–Kier alpha value is -4.07. The molecule has 0 spiro atoms. The summed E-state index contributed by atoms with van der Waals surface area (Å²) < 4.78 is 2.14. The van der Waals surface area contributed by atoms with Crippen LogP contribution < -0.4 is 5.32 Å². The summed E-state index contributed by atoms with van der Waals surface area (Å²) in [4.78, 5) is 31.7. The number of amides is 1. The zero-order valence-corrected chi connectivity index (χ0v) is 22.5. The maximum absolute atomic E-state index is 12.9. The summed E-state index contributed by atoms with van der Waals surface area (Å²) >= 11 is 1.45. The zero-order chi connectivity index (χ0) is 27.1. The van der Waals surface area contributed by atoms with Crippen molar-refractivity contribution in [1.82, 2.24) is 24.6 Å². The second-order valence-electron chi connectivity index (χ2n) is 9.51. The summed E-state index contributed by atoms with van der Waals surface area (Å²) in [5, 5.41) is 18.1. The van der Waals surface area contributed by atoms with E-state index in [1.165, 1.54) is 17.8 Å². The average molecular weight is 530 g/mol. The van der Waals surface area contributed by atoms with Crippen molar-refractivity contribution in [1.29, 1.82) is 5.26 Å². The molecule has 0 radical (unpaired) electrons. The summed E-state index contributed by atoms with van der Waals surface area (Å²) in [5.74, 6) is 0.737. The van der Waals surface area contributed by atoms with Crippen molar-refractivity contribution in [2.75, 3.05) is 18.9 Å². The molecule has 1 amide bonds. The Morgan fingerprint density at radius 3 is 2.76 bits per heavy atom. The monoisotopic (exact) mass is 529 g/mol. The number of benzene rings is 1. The molecular weight excluding hydrogens is 498 g/mol. The molecule has 1 saturated heterocycles. The number of fused-ring (bicyclic) bond motifs is 1. The van der Waals surface area contributed by atoms with Gasteiger partial charge < -0.3 is 9.47 Å². The van der Waals surface area contributed by atoms with Crippen molar-refractivity contribution in [3.8, 4) is 16.5 Å². The van der Waals surface area contributed by atoms with Crippen LogP contribution in [0.25, 0.3) is 21.5 Å². The molecule has 1 aliphatic heterocycles. The van der Waals surface area contributed by atoms with Gasteiger partial charge in [0.05, 0.1) is 27.7 Å². The molecule has 1 fully saturated rings. The van der Waals surface area contributed by atoms with Gasteiger partial charge in [0.1, 0.15) is 6.07 Å². The van der Waals surface area contributed by atoms with Crippen LogP contribution in [-0.4, -0.2) is 56.5 Å². The lowest BCUT2D eigenvalue weighted by Crippen LogP contribution is -2.30. The lowest BCUT2D eigenvalue weighted by Gasteiger charge is -2.21. The molecular formula is C28H31N7O2S. The minimum Gasteiger partial charge on any atom is -0.308 e. The summed E-state index contributed by atoms with van der Waals surface area (Å²) in [7, 11) is 2.16. The van der Waals surface area contributed by atoms with Gasteiger partial charge in [-0.3, -0.25) is 20.0 Å². The number of aldehydes is 1. The Kier molecular flexibility index (Phi) is 8.84. The van der Waals surface area contributed by atoms with Crippen molar-refractivity contribution in [3.05, 3.63) is 65.3 Å². The van der Waals surface area contributed by atoms with Gasteiger partial charge >= 0.3 is 0 Å². The SMILES string of the molecule is CC(C)/C=C(/C#N)C=O.CN1CCCC1Cn1c(NC(=O)c2ccc(-c3cn[nH]c3)s2)nc2ccccc21. The molecule has 10 heteroatoms. The molecule has 1 unspecified atom stereocenters. The molecule has 0 aliphatic carbocycles. The third-order valence-corrected chi connectivity index (χ3v) is 7.46. The largest absolute Gasteiger partial charge is 0.308 e. The summed E-state index contributed by atoms with van der Waals surface area (Å²) in [5.41, 5.74) is 3.14. The Morgan fingerprint density at radius 2 is 2.13 bits per heavy atom. The second-order valence-corrected chi connectivity index (χ2v) is 10.6. The number of hydrogen-bond donors (Lipinski definition) is 2. The highest BCUT2D eigenvalue weighted by Crippen LogP contribution is 2.29. The minimum absolute atomic E-state index is 0.138. The molecule has 1 aliphatic rings. The van der Waals surface area contributed by atoms with Crippen LogP contribution in [0, 0.1) is 17.2 Å². The van der Waals surface area contributed by atoms with E-state index in [1.54, 1.807) is 18.3 Å². The highest BCUT2D eigenvalue weighted by atomic mass is 32.1. The van der Waals surface area contributed by atoms with Gasteiger partial charge in [-0.1, -0.05) is 32.1 Å². The number of thiophene rings is 1. The number of nitrogens with one attached hydrogen (secondary N) is 2. The molecule has 0 saturated carbocycles. The van der Waals surface area contributed by atoms with E-state index in [0.29, 0.717) is 23.2 Å². The highest BCUT2D eigenvalue weighted by Gasteiger charge is 2.24. The number of carbonyl (C=O) groups is 2. The predicted molar refractivity (Wildman–Crippen MR) is 150 cm³/mol. The van der Waals surface area contributed by atoms with Gasteiger partial charge in [-0.05, 0) is 56.6 Å². The lowest BCUT2D eigenvalue weighted by molar-refractivity contribution is -0.104. The number of aromatic nitrogens is 4. The Labute approximate surface area is 225 Å². The third kappa shape index (κ3) is 6.43. The molecule has 9 nitrogen and oxygen atoms in total. The predicted octanol–water partition coefficient (Wildman–Crippen LogP) is 5.13. The number of imidazole rings is 1. The standard InChI is InChI=1S/C21H22N6OS.C7H9NO/c1-26-10-4-5-15(26)13-27-17-7-3-2-6-16(17)24-21(27)25-20(28)19-9-8-18(29-19)14-11-22-23-12-14;1-6(2)3-7(4-8)5-9/h2-3,6-9,11-12,15H,4-5,10,13H2,1H3,(H,22,23)(H,24,25,28);3,5-6H,1-2H3/b;7-3-. The number of likely N-dealkylation sites (tertiary alicyclic amines) is 1. The Balaban J connectivity index is 0.000000323. The van der Waals surface area contributed by atoms with Crippen molar-refractivity contribution < 1.29 is 9.59 Å². The van der Waals surface area contributed by atoms with Crippen molar-refractivity contribution >= 4 is 40.5 Å². The quantitative estimate of drug-likeness (QED) is 0.195. The Bertz CT molecular complexity index is 1460. The third-order valence-electron chi connectivity index (χ3n) is 6.33. The lowest BCUT2D eigenvalue weighted by atomic mass is 10.1. The van der Waals surface area contributed by atoms with E-state index < -0.39 is 0 Å². The van der Waals surface area contributed by atoms with Gasteiger partial charge in [0.2, 0.25) is 5.95 Å². The van der Waals surface area contributed by atoms with Gasteiger partial charge in [-0.2, -0.15) is 10.4 Å². The molecule has 4 aromatic rings. The fourth-order valence-electron chi connectivity index (χ4n) is 4.40. The van der Waals surface area contributed by atoms with Gasteiger partial charge in [0.15, 0.2) is 6.29 Å². The number of likely N-dealkylation sites (N-methyl/N-ethyl adjacent to an activating group) is 1. The fraction of sp³-hybridized carbons (Fsp3) is 0.321. The van der Waals surface area contributed by atoms with E-state index in [2.05, 4.69) is 38.1 Å². The molecule has 38 heavy (non-hydrogen) atoms. The number of hydrogen-bond acceptors (Lipinski definition) is 7. The summed E-state index contributed by atoms with van der Waals surface area (Å²) in [6, 6.07) is 14.1. The molecule has 4 heterocycles. The van der Waals surface area contributed by atoms with Crippen LogP contribution in [0.15, 0.2) is 60.4 Å². The van der Waals surface area contributed by atoms with Crippen LogP contribution >= 0.6 is 11.3 Å². The molecule has 1 aromatic carbocycles. The van der Waals surface area contributed by atoms with Crippen molar-refractivity contribution in [2.24, 2.45) is 5.92 Å². The maximum atomic E-state index is 12.9. The van der Waals surface area contributed by atoms with Gasteiger partial charge in [-0.25, -0.2) is 4.98 Å². The van der Waals surface area contributed by atoms with Gasteiger partial charge in [0.25, 0.3) is 5.91 Å². The molecule has 0 bridgehead atoms. The van der Waals surface area contributed by atoms with E-state index in [-0.39, 0.29) is 17.4 Å². The first-order chi connectivity index (χ1) is 18.4. The number of anilines is 1. The second kappa shape index (κ2) is 12.4. The fourth-order valence-corrected chi connectivity index (χ4v) is 5.28. The first-order valence-corrected chi connectivity index (χ1v) is 13.3. The number of nitriles is 1. The molecule has 3 aromatic heterocycles. The molecule has 5 rings (SSSR count). The first-order valence-electron chi connectivity index (χ1n) is 12.5. The molecule has 196 valence electrons. The van der Waals surface area contributed by atoms with Crippen LogP contribution in [-0.2, 0) is 11.3 Å². The van der Waals surface area contributed by atoms with Gasteiger partial charge in [-0.15, -0.1) is 11.3 Å². The van der Waals surface area contributed by atoms with Crippen LogP contribution in [0.4, 0.5) is 5.95 Å². The zero-order valence-electron chi connectivity index (χ0n) is 21.7. The van der Waals surface area contributed by atoms with Crippen LogP contribution in [0.5, 0.6) is 0 Å². The first kappa shape index (κ1) is 27.0. The number of para-hydroxylation sites is 2. The van der Waals surface area contributed by atoms with E-state index in [4.69, 9.17) is 10.2 Å². The number of rotatable bonds is 7. The number of aromatic amines is 1. The average Bonchev–Trinajstić information content (AvgIpc) is 3.71. The van der Waals surface area contributed by atoms with Gasteiger partial charge in [0, 0.05) is 29.2 Å². The van der Waals surface area contributed by atoms with E-state index in [0.717, 1.165) is 41.0 Å². The van der Waals surface area contributed by atoms with Crippen LogP contribution in [0.2, 0.25) is 0 Å². The number of carbonyl (C=O) groups excluding carboxylic acids is 2. The number of H-pyrrole nitrogens is 1. The molecule has 1 atom stereocenters. The Morgan fingerprint density at radius 1 is 1.32 bits per heavy atom.